The van der Waals surface area contributed by atoms with E-state index in [-0.39, 0.29) is 11.5 Å². The van der Waals surface area contributed by atoms with Crippen LogP contribution in [-0.4, -0.2) is 24.9 Å². The molecule has 0 aliphatic rings. The molecule has 0 atom stereocenters. The lowest BCUT2D eigenvalue weighted by Gasteiger charge is -2.15. The molecule has 104 valence electrons. The second-order valence-electron chi connectivity index (χ2n) is 3.93. The summed E-state index contributed by atoms with van der Waals surface area (Å²) < 4.78 is 26.9. The average molecular weight is 382 g/mol. The fourth-order valence-electron chi connectivity index (χ4n) is 1.53. The normalized spacial score (nSPS) is 12.2. The molecule has 0 saturated carbocycles. The summed E-state index contributed by atoms with van der Waals surface area (Å²) in [5.41, 5.74) is 0.945. The van der Waals surface area contributed by atoms with Crippen LogP contribution in [-0.2, 0) is 23.2 Å². The van der Waals surface area contributed by atoms with Crippen molar-refractivity contribution in [1.29, 1.82) is 0 Å². The molecule has 0 aliphatic heterocycles. The smallest absolute Gasteiger partial charge is 0.243 e. The number of hydrogen-bond acceptors (Lipinski definition) is 5. The lowest BCUT2D eigenvalue weighted by atomic mass is 10.3. The van der Waals surface area contributed by atoms with E-state index in [0.29, 0.717) is 11.4 Å². The van der Waals surface area contributed by atoms with Crippen molar-refractivity contribution in [1.82, 2.24) is 4.31 Å². The number of rotatable bonds is 5. The fraction of sp³-hybridized carbons (Fsp3) is 0.273. The summed E-state index contributed by atoms with van der Waals surface area (Å²) in [6.07, 6.45) is 0. The molecule has 4 nitrogen and oxygen atoms in total. The summed E-state index contributed by atoms with van der Waals surface area (Å²) in [5.74, 6) is 0. The van der Waals surface area contributed by atoms with E-state index in [1.807, 2.05) is 11.4 Å². The summed E-state index contributed by atoms with van der Waals surface area (Å²) in [4.78, 5) is 0.878. The van der Waals surface area contributed by atoms with Crippen LogP contribution in [0.25, 0.3) is 0 Å². The third kappa shape index (κ3) is 3.45. The number of aliphatic hydroxyl groups is 1. The first-order valence-corrected chi connectivity index (χ1v) is 9.30. The standard InChI is InChI=1S/C11H12BrNO3S3/c1-13(4-8-2-11(12)18-6-8)19(15,16)10-3-9(5-14)17-7-10/h2-3,6-7,14H,4-5H2,1H3. The van der Waals surface area contributed by atoms with Crippen LogP contribution >= 0.6 is 38.6 Å². The van der Waals surface area contributed by atoms with Gasteiger partial charge in [-0.05, 0) is 39.0 Å². The lowest BCUT2D eigenvalue weighted by Crippen LogP contribution is -2.25. The lowest BCUT2D eigenvalue weighted by molar-refractivity contribution is 0.285. The molecular formula is C11H12BrNO3S3. The van der Waals surface area contributed by atoms with E-state index >= 15 is 0 Å². The minimum atomic E-state index is -3.50. The highest BCUT2D eigenvalue weighted by Gasteiger charge is 2.22. The molecule has 0 amide bonds. The van der Waals surface area contributed by atoms with Crippen molar-refractivity contribution >= 4 is 48.6 Å². The minimum absolute atomic E-state index is 0.138. The molecule has 2 aromatic heterocycles. The quantitative estimate of drug-likeness (QED) is 0.865. The summed E-state index contributed by atoms with van der Waals surface area (Å²) >= 11 is 6.12. The van der Waals surface area contributed by atoms with Gasteiger partial charge in [-0.3, -0.25) is 0 Å². The van der Waals surface area contributed by atoms with Gasteiger partial charge in [0.25, 0.3) is 0 Å². The van der Waals surface area contributed by atoms with Crippen LogP contribution < -0.4 is 0 Å². The fourth-order valence-corrected chi connectivity index (χ4v) is 5.01. The zero-order valence-electron chi connectivity index (χ0n) is 10.0. The molecule has 0 saturated heterocycles. The van der Waals surface area contributed by atoms with Gasteiger partial charge in [-0.1, -0.05) is 0 Å². The number of aliphatic hydroxyl groups excluding tert-OH is 1. The van der Waals surface area contributed by atoms with Gasteiger partial charge in [-0.25, -0.2) is 8.42 Å². The zero-order valence-corrected chi connectivity index (χ0v) is 14.1. The maximum atomic E-state index is 12.3. The van der Waals surface area contributed by atoms with E-state index in [0.717, 1.165) is 9.35 Å². The third-order valence-corrected chi connectivity index (χ3v) is 6.93. The van der Waals surface area contributed by atoms with Gasteiger partial charge >= 0.3 is 0 Å². The van der Waals surface area contributed by atoms with E-state index in [2.05, 4.69) is 15.9 Å². The van der Waals surface area contributed by atoms with E-state index in [1.165, 1.54) is 33.0 Å². The second kappa shape index (κ2) is 6.02. The molecule has 2 rings (SSSR count). The van der Waals surface area contributed by atoms with Crippen LogP contribution in [0.2, 0.25) is 0 Å². The van der Waals surface area contributed by atoms with E-state index in [4.69, 9.17) is 5.11 Å². The number of hydrogen-bond donors (Lipinski definition) is 1. The number of nitrogens with zero attached hydrogens (tertiary/aromatic N) is 1. The molecular weight excluding hydrogens is 370 g/mol. The Morgan fingerprint density at radius 1 is 1.32 bits per heavy atom. The predicted octanol–water partition coefficient (Wildman–Crippen LogP) is 2.89. The van der Waals surface area contributed by atoms with E-state index in [1.54, 1.807) is 12.4 Å². The molecule has 2 heterocycles. The maximum Gasteiger partial charge on any atom is 0.243 e. The van der Waals surface area contributed by atoms with Crippen LogP contribution in [0.3, 0.4) is 0 Å². The van der Waals surface area contributed by atoms with Crippen LogP contribution in [0.4, 0.5) is 0 Å². The van der Waals surface area contributed by atoms with Crippen molar-refractivity contribution in [3.05, 3.63) is 37.1 Å². The number of thiophene rings is 2. The monoisotopic (exact) mass is 381 g/mol. The van der Waals surface area contributed by atoms with Gasteiger partial charge in [0.1, 0.15) is 0 Å². The van der Waals surface area contributed by atoms with Crippen LogP contribution in [0.5, 0.6) is 0 Å². The second-order valence-corrected chi connectivity index (χ2v) is 9.26. The van der Waals surface area contributed by atoms with Crippen LogP contribution in [0.15, 0.2) is 31.6 Å². The highest BCUT2D eigenvalue weighted by Crippen LogP contribution is 2.25. The Bertz CT molecular complexity index is 662. The highest BCUT2D eigenvalue weighted by molar-refractivity contribution is 9.11. The van der Waals surface area contributed by atoms with Gasteiger partial charge in [0.15, 0.2) is 0 Å². The van der Waals surface area contributed by atoms with Crippen molar-refractivity contribution < 1.29 is 13.5 Å². The van der Waals surface area contributed by atoms with Gasteiger partial charge in [-0.15, -0.1) is 22.7 Å². The summed E-state index contributed by atoms with van der Waals surface area (Å²) in [5, 5.41) is 12.5. The first-order valence-electron chi connectivity index (χ1n) is 5.31. The molecule has 1 N–H and O–H groups in total. The number of sulfonamides is 1. The van der Waals surface area contributed by atoms with Gasteiger partial charge in [0.2, 0.25) is 10.0 Å². The van der Waals surface area contributed by atoms with E-state index in [9.17, 15) is 8.42 Å². The number of halogens is 1. The van der Waals surface area contributed by atoms with Crippen molar-refractivity contribution in [2.45, 2.75) is 18.0 Å². The molecule has 0 aliphatic carbocycles. The van der Waals surface area contributed by atoms with Gasteiger partial charge in [-0.2, -0.15) is 4.31 Å². The molecule has 2 aromatic rings. The molecule has 0 radical (unpaired) electrons. The Kier molecular flexibility index (Phi) is 4.80. The zero-order chi connectivity index (χ0) is 14.0. The summed E-state index contributed by atoms with van der Waals surface area (Å²) in [7, 11) is -1.94. The summed E-state index contributed by atoms with van der Waals surface area (Å²) in [6, 6.07) is 3.42. The van der Waals surface area contributed by atoms with Crippen LogP contribution in [0.1, 0.15) is 10.4 Å². The molecule has 0 spiro atoms. The Labute approximate surface area is 128 Å². The van der Waals surface area contributed by atoms with Crippen molar-refractivity contribution in [3.63, 3.8) is 0 Å². The highest BCUT2D eigenvalue weighted by atomic mass is 79.9. The SMILES string of the molecule is CN(Cc1csc(Br)c1)S(=O)(=O)c1csc(CO)c1. The van der Waals surface area contributed by atoms with Crippen LogP contribution in [0, 0.1) is 0 Å². The Morgan fingerprint density at radius 2 is 2.05 bits per heavy atom. The topological polar surface area (TPSA) is 57.6 Å². The Hall–Kier alpha value is -0.250. The minimum Gasteiger partial charge on any atom is -0.391 e. The van der Waals surface area contributed by atoms with Gasteiger partial charge in [0.05, 0.1) is 15.3 Å². The van der Waals surface area contributed by atoms with Gasteiger partial charge in [0, 0.05) is 23.8 Å². The molecule has 0 fully saturated rings. The Balaban J connectivity index is 2.19. The summed E-state index contributed by atoms with van der Waals surface area (Å²) in [6.45, 7) is 0.191. The van der Waals surface area contributed by atoms with Crippen molar-refractivity contribution in [3.8, 4) is 0 Å². The predicted molar refractivity (Wildman–Crippen MR) is 80.9 cm³/mol. The maximum absolute atomic E-state index is 12.3. The molecule has 0 bridgehead atoms. The molecule has 0 unspecified atom stereocenters. The van der Waals surface area contributed by atoms with Crippen molar-refractivity contribution in [2.75, 3.05) is 7.05 Å². The molecule has 19 heavy (non-hydrogen) atoms. The molecule has 0 aromatic carbocycles. The van der Waals surface area contributed by atoms with Crippen molar-refractivity contribution in [2.24, 2.45) is 0 Å². The average Bonchev–Trinajstić information content (AvgIpc) is 2.98. The Morgan fingerprint density at radius 3 is 2.58 bits per heavy atom. The van der Waals surface area contributed by atoms with Gasteiger partial charge < -0.3 is 5.11 Å². The third-order valence-electron chi connectivity index (χ3n) is 2.52. The molecule has 8 heteroatoms. The largest absolute Gasteiger partial charge is 0.391 e. The van der Waals surface area contributed by atoms with E-state index < -0.39 is 10.0 Å². The first-order chi connectivity index (χ1) is 8.93. The first kappa shape index (κ1) is 15.1.